The van der Waals surface area contributed by atoms with Crippen LogP contribution in [0.15, 0.2) is 53.7 Å². The minimum Gasteiger partial charge on any atom is -0.352 e. The Bertz CT molecular complexity index is 749. The predicted molar refractivity (Wildman–Crippen MR) is 82.3 cm³/mol. The van der Waals surface area contributed by atoms with Crippen molar-refractivity contribution >= 4 is 15.9 Å². The fourth-order valence-corrected chi connectivity index (χ4v) is 2.82. The number of halogens is 1. The van der Waals surface area contributed by atoms with Crippen LogP contribution in [0.2, 0.25) is 0 Å². The average molecular weight is 337 g/mol. The summed E-state index contributed by atoms with van der Waals surface area (Å²) in [5.74, 6) is -0.797. The Morgan fingerprint density at radius 3 is 2.57 bits per heavy atom. The number of amides is 1. The van der Waals surface area contributed by atoms with Crippen molar-refractivity contribution in [3.8, 4) is 0 Å². The summed E-state index contributed by atoms with van der Waals surface area (Å²) >= 11 is 0. The van der Waals surface area contributed by atoms with Crippen molar-refractivity contribution in [3.05, 3.63) is 60.2 Å². The van der Waals surface area contributed by atoms with Crippen LogP contribution >= 0.6 is 0 Å². The molecule has 2 aromatic rings. The molecule has 0 unspecified atom stereocenters. The highest BCUT2D eigenvalue weighted by molar-refractivity contribution is 7.89. The predicted octanol–water partition coefficient (Wildman–Crippen LogP) is 1.21. The quantitative estimate of drug-likeness (QED) is 0.795. The van der Waals surface area contributed by atoms with Gasteiger partial charge in [-0.1, -0.05) is 6.07 Å². The molecule has 0 saturated carbocycles. The maximum Gasteiger partial charge on any atom is 0.240 e. The minimum atomic E-state index is -3.75. The Balaban J connectivity index is 1.77. The smallest absolute Gasteiger partial charge is 0.240 e. The second-order valence-electron chi connectivity index (χ2n) is 4.74. The summed E-state index contributed by atoms with van der Waals surface area (Å²) < 4.78 is 38.9. The van der Waals surface area contributed by atoms with E-state index in [-0.39, 0.29) is 23.8 Å². The number of carbonyl (C=O) groups excluding carboxylic acids is 1. The second kappa shape index (κ2) is 7.80. The fourth-order valence-electron chi connectivity index (χ4n) is 1.79. The number of benzene rings is 1. The van der Waals surface area contributed by atoms with Crippen molar-refractivity contribution in [3.63, 3.8) is 0 Å². The zero-order valence-corrected chi connectivity index (χ0v) is 13.0. The van der Waals surface area contributed by atoms with Gasteiger partial charge in [0.05, 0.1) is 4.90 Å². The van der Waals surface area contributed by atoms with Gasteiger partial charge in [-0.15, -0.1) is 0 Å². The van der Waals surface area contributed by atoms with E-state index in [4.69, 9.17) is 0 Å². The Hall–Kier alpha value is -2.32. The van der Waals surface area contributed by atoms with Gasteiger partial charge < -0.3 is 5.32 Å². The largest absolute Gasteiger partial charge is 0.352 e. The Morgan fingerprint density at radius 1 is 1.17 bits per heavy atom. The van der Waals surface area contributed by atoms with E-state index in [9.17, 15) is 17.6 Å². The molecule has 1 amide bonds. The molecule has 0 aliphatic heterocycles. The molecule has 0 radical (unpaired) electrons. The lowest BCUT2D eigenvalue weighted by molar-refractivity contribution is -0.121. The summed E-state index contributed by atoms with van der Waals surface area (Å²) in [6, 6.07) is 8.05. The highest BCUT2D eigenvalue weighted by atomic mass is 32.2. The van der Waals surface area contributed by atoms with E-state index in [2.05, 4.69) is 15.0 Å². The molecule has 0 bridgehead atoms. The molecule has 0 spiro atoms. The van der Waals surface area contributed by atoms with E-state index < -0.39 is 15.8 Å². The van der Waals surface area contributed by atoms with E-state index in [0.717, 1.165) is 17.7 Å². The lowest BCUT2D eigenvalue weighted by Crippen LogP contribution is -2.30. The highest BCUT2D eigenvalue weighted by Gasteiger charge is 2.14. The molecule has 0 saturated heterocycles. The van der Waals surface area contributed by atoms with Gasteiger partial charge in [0.15, 0.2) is 0 Å². The van der Waals surface area contributed by atoms with E-state index in [0.29, 0.717) is 6.54 Å². The maximum atomic E-state index is 12.8. The third kappa shape index (κ3) is 5.42. The molecule has 2 rings (SSSR count). The summed E-state index contributed by atoms with van der Waals surface area (Å²) in [7, 11) is -3.75. The Kier molecular flexibility index (Phi) is 5.78. The van der Waals surface area contributed by atoms with Crippen molar-refractivity contribution in [1.29, 1.82) is 0 Å². The van der Waals surface area contributed by atoms with Crippen LogP contribution in [0.25, 0.3) is 0 Å². The highest BCUT2D eigenvalue weighted by Crippen LogP contribution is 2.09. The Labute approximate surface area is 133 Å². The molecular formula is C15H16FN3O3S. The first-order valence-corrected chi connectivity index (χ1v) is 8.36. The van der Waals surface area contributed by atoms with Gasteiger partial charge in [-0.05, 0) is 35.9 Å². The summed E-state index contributed by atoms with van der Waals surface area (Å²) in [5, 5.41) is 2.67. The zero-order chi connectivity index (χ0) is 16.7. The van der Waals surface area contributed by atoms with Crippen LogP contribution in [0.3, 0.4) is 0 Å². The van der Waals surface area contributed by atoms with Crippen molar-refractivity contribution in [2.45, 2.75) is 17.9 Å². The van der Waals surface area contributed by atoms with Gasteiger partial charge in [0.1, 0.15) is 5.82 Å². The van der Waals surface area contributed by atoms with Crippen molar-refractivity contribution in [1.82, 2.24) is 15.0 Å². The minimum absolute atomic E-state index is 0.000681. The molecule has 6 nitrogen and oxygen atoms in total. The first-order valence-electron chi connectivity index (χ1n) is 6.88. The van der Waals surface area contributed by atoms with Crippen LogP contribution in [0, 0.1) is 5.82 Å². The van der Waals surface area contributed by atoms with E-state index in [1.807, 2.05) is 6.07 Å². The van der Waals surface area contributed by atoms with E-state index in [1.54, 1.807) is 18.5 Å². The first-order chi connectivity index (χ1) is 11.0. The monoisotopic (exact) mass is 337 g/mol. The van der Waals surface area contributed by atoms with Gasteiger partial charge in [-0.2, -0.15) is 0 Å². The van der Waals surface area contributed by atoms with E-state index >= 15 is 0 Å². The van der Waals surface area contributed by atoms with Crippen molar-refractivity contribution in [2.75, 3.05) is 6.54 Å². The van der Waals surface area contributed by atoms with Gasteiger partial charge in [0.25, 0.3) is 0 Å². The molecule has 0 fully saturated rings. The van der Waals surface area contributed by atoms with Crippen LogP contribution in [-0.4, -0.2) is 25.9 Å². The fraction of sp³-hybridized carbons (Fsp3) is 0.200. The molecule has 1 aromatic heterocycles. The third-order valence-corrected chi connectivity index (χ3v) is 4.46. The molecule has 122 valence electrons. The number of pyridine rings is 1. The van der Waals surface area contributed by atoms with Crippen LogP contribution < -0.4 is 10.0 Å². The normalized spacial score (nSPS) is 11.2. The van der Waals surface area contributed by atoms with Crippen molar-refractivity contribution in [2.24, 2.45) is 0 Å². The lowest BCUT2D eigenvalue weighted by atomic mass is 10.3. The molecular weight excluding hydrogens is 321 g/mol. The standard InChI is InChI=1S/C15H16FN3O3S/c16-13-3-5-14(6-4-13)23(21,22)19-9-7-15(20)18-11-12-2-1-8-17-10-12/h1-6,8,10,19H,7,9,11H2,(H,18,20). The summed E-state index contributed by atoms with van der Waals surface area (Å²) in [4.78, 5) is 15.5. The lowest BCUT2D eigenvalue weighted by Gasteiger charge is -2.07. The molecule has 1 aromatic carbocycles. The SMILES string of the molecule is O=C(CCNS(=O)(=O)c1ccc(F)cc1)NCc1cccnc1. The number of rotatable bonds is 7. The number of hydrogen-bond donors (Lipinski definition) is 2. The van der Waals surface area contributed by atoms with Crippen LogP contribution in [0.4, 0.5) is 4.39 Å². The van der Waals surface area contributed by atoms with Crippen molar-refractivity contribution < 1.29 is 17.6 Å². The number of nitrogens with zero attached hydrogens (tertiary/aromatic N) is 1. The zero-order valence-electron chi connectivity index (χ0n) is 12.2. The number of aromatic nitrogens is 1. The average Bonchev–Trinajstić information content (AvgIpc) is 2.54. The van der Waals surface area contributed by atoms with Gasteiger partial charge >= 0.3 is 0 Å². The van der Waals surface area contributed by atoms with Gasteiger partial charge in [-0.3, -0.25) is 9.78 Å². The topological polar surface area (TPSA) is 88.2 Å². The molecule has 2 N–H and O–H groups in total. The molecule has 23 heavy (non-hydrogen) atoms. The maximum absolute atomic E-state index is 12.8. The summed E-state index contributed by atoms with van der Waals surface area (Å²) in [6.07, 6.45) is 3.27. The molecule has 0 aliphatic carbocycles. The van der Waals surface area contributed by atoms with Gasteiger partial charge in [0.2, 0.25) is 15.9 Å². The van der Waals surface area contributed by atoms with Gasteiger partial charge in [0, 0.05) is 31.9 Å². The first kappa shape index (κ1) is 17.0. The summed E-state index contributed by atoms with van der Waals surface area (Å²) in [5.41, 5.74) is 0.854. The third-order valence-electron chi connectivity index (χ3n) is 2.98. The molecule has 8 heteroatoms. The Morgan fingerprint density at radius 2 is 1.91 bits per heavy atom. The number of sulfonamides is 1. The van der Waals surface area contributed by atoms with Gasteiger partial charge in [-0.25, -0.2) is 17.5 Å². The van der Waals surface area contributed by atoms with E-state index in [1.165, 1.54) is 12.1 Å². The molecule has 0 aliphatic rings. The molecule has 0 atom stereocenters. The number of hydrogen-bond acceptors (Lipinski definition) is 4. The van der Waals surface area contributed by atoms with Crippen LogP contribution in [0.1, 0.15) is 12.0 Å². The summed E-state index contributed by atoms with van der Waals surface area (Å²) in [6.45, 7) is 0.288. The number of nitrogens with one attached hydrogen (secondary N) is 2. The molecule has 1 heterocycles. The number of carbonyl (C=O) groups is 1. The van der Waals surface area contributed by atoms with Crippen LogP contribution in [0.5, 0.6) is 0 Å². The van der Waals surface area contributed by atoms with Crippen LogP contribution in [-0.2, 0) is 21.4 Å². The second-order valence-corrected chi connectivity index (χ2v) is 6.51.